The number of rotatable bonds is 2. The molecule has 0 atom stereocenters. The Kier molecular flexibility index (Phi) is 3.62. The van der Waals surface area contributed by atoms with Crippen LogP contribution in [0.15, 0.2) is 36.4 Å². The van der Waals surface area contributed by atoms with Gasteiger partial charge in [-0.3, -0.25) is 4.79 Å². The second-order valence-corrected chi connectivity index (χ2v) is 4.60. The van der Waals surface area contributed by atoms with E-state index in [1.165, 1.54) is 18.2 Å². The van der Waals surface area contributed by atoms with Crippen LogP contribution in [0.2, 0.25) is 5.02 Å². The summed E-state index contributed by atoms with van der Waals surface area (Å²) in [4.78, 5) is 12.0. The van der Waals surface area contributed by atoms with Gasteiger partial charge in [0.25, 0.3) is 5.91 Å². The fourth-order valence-electron chi connectivity index (χ4n) is 1.60. The second-order valence-electron chi connectivity index (χ2n) is 4.19. The minimum absolute atomic E-state index is 0.0541. The summed E-state index contributed by atoms with van der Waals surface area (Å²) < 4.78 is 0. The van der Waals surface area contributed by atoms with Crippen molar-refractivity contribution < 1.29 is 9.90 Å². The molecule has 1 amide bonds. The van der Waals surface area contributed by atoms with Gasteiger partial charge in [0.2, 0.25) is 0 Å². The van der Waals surface area contributed by atoms with E-state index in [4.69, 9.17) is 17.3 Å². The van der Waals surface area contributed by atoms with Crippen molar-refractivity contribution in [2.75, 3.05) is 11.1 Å². The van der Waals surface area contributed by atoms with Gasteiger partial charge < -0.3 is 16.2 Å². The van der Waals surface area contributed by atoms with Crippen LogP contribution in [-0.4, -0.2) is 11.0 Å². The lowest BCUT2D eigenvalue weighted by Gasteiger charge is -2.08. The Bertz CT molecular complexity index is 641. The molecule has 0 aliphatic rings. The van der Waals surface area contributed by atoms with Crippen LogP contribution < -0.4 is 11.1 Å². The molecule has 0 fully saturated rings. The fourth-order valence-corrected chi connectivity index (χ4v) is 1.79. The molecule has 2 aromatic rings. The zero-order valence-corrected chi connectivity index (χ0v) is 11.0. The number of nitrogen functional groups attached to an aromatic ring is 1. The van der Waals surface area contributed by atoms with E-state index in [2.05, 4.69) is 5.32 Å². The normalized spacial score (nSPS) is 10.2. The molecule has 4 nitrogen and oxygen atoms in total. The number of aryl methyl sites for hydroxylation is 1. The van der Waals surface area contributed by atoms with Crippen LogP contribution in [0.1, 0.15) is 15.9 Å². The lowest BCUT2D eigenvalue weighted by molar-refractivity contribution is 0.102. The van der Waals surface area contributed by atoms with Crippen molar-refractivity contribution in [1.82, 2.24) is 0 Å². The van der Waals surface area contributed by atoms with Crippen molar-refractivity contribution in [3.63, 3.8) is 0 Å². The van der Waals surface area contributed by atoms with Crippen LogP contribution in [0, 0.1) is 6.92 Å². The van der Waals surface area contributed by atoms with Crippen LogP contribution in [0.25, 0.3) is 0 Å². The van der Waals surface area contributed by atoms with Gasteiger partial charge in [0.1, 0.15) is 5.75 Å². The van der Waals surface area contributed by atoms with E-state index in [-0.39, 0.29) is 16.7 Å². The Labute approximate surface area is 115 Å². The number of nitrogens with one attached hydrogen (secondary N) is 1. The number of hydrogen-bond donors (Lipinski definition) is 3. The number of phenolic OH excluding ortho intramolecular Hbond substituents is 1. The molecule has 0 heterocycles. The van der Waals surface area contributed by atoms with Crippen molar-refractivity contribution >= 4 is 28.9 Å². The number of hydrogen-bond acceptors (Lipinski definition) is 3. The monoisotopic (exact) mass is 276 g/mol. The van der Waals surface area contributed by atoms with E-state index in [0.717, 1.165) is 5.56 Å². The number of aromatic hydroxyl groups is 1. The molecule has 0 aromatic heterocycles. The lowest BCUT2D eigenvalue weighted by atomic mass is 10.1. The van der Waals surface area contributed by atoms with E-state index in [0.29, 0.717) is 16.9 Å². The van der Waals surface area contributed by atoms with Gasteiger partial charge in [0.15, 0.2) is 0 Å². The summed E-state index contributed by atoms with van der Waals surface area (Å²) in [5.74, 6) is -0.354. The zero-order chi connectivity index (χ0) is 14.0. The highest BCUT2D eigenvalue weighted by molar-refractivity contribution is 6.32. The smallest absolute Gasteiger partial charge is 0.255 e. The van der Waals surface area contributed by atoms with E-state index < -0.39 is 0 Å². The van der Waals surface area contributed by atoms with E-state index in [1.807, 2.05) is 6.92 Å². The van der Waals surface area contributed by atoms with Gasteiger partial charge >= 0.3 is 0 Å². The molecular formula is C14H13ClN2O2. The van der Waals surface area contributed by atoms with E-state index in [1.54, 1.807) is 18.2 Å². The van der Waals surface area contributed by atoms with Gasteiger partial charge in [-0.05, 0) is 48.9 Å². The van der Waals surface area contributed by atoms with Crippen molar-refractivity contribution in [3.05, 3.63) is 52.5 Å². The van der Waals surface area contributed by atoms with E-state index in [9.17, 15) is 9.90 Å². The Hall–Kier alpha value is -2.20. The maximum Gasteiger partial charge on any atom is 0.255 e. The van der Waals surface area contributed by atoms with Crippen molar-refractivity contribution in [2.24, 2.45) is 0 Å². The zero-order valence-electron chi connectivity index (χ0n) is 10.3. The molecule has 0 aliphatic heterocycles. The van der Waals surface area contributed by atoms with Crippen LogP contribution in [0.3, 0.4) is 0 Å². The van der Waals surface area contributed by atoms with Crippen LogP contribution in [-0.2, 0) is 0 Å². The number of anilines is 2. The quantitative estimate of drug-likeness (QED) is 0.737. The number of nitrogens with two attached hydrogens (primary N) is 1. The molecule has 0 aliphatic carbocycles. The predicted octanol–water partition coefficient (Wildman–Crippen LogP) is 3.19. The van der Waals surface area contributed by atoms with Gasteiger partial charge in [-0.1, -0.05) is 11.6 Å². The number of amides is 1. The van der Waals surface area contributed by atoms with Gasteiger partial charge in [0, 0.05) is 16.9 Å². The Morgan fingerprint density at radius 3 is 2.63 bits per heavy atom. The summed E-state index contributed by atoms with van der Waals surface area (Å²) in [6.07, 6.45) is 0. The molecule has 0 saturated heterocycles. The lowest BCUT2D eigenvalue weighted by Crippen LogP contribution is -2.12. The molecule has 0 bridgehead atoms. The molecule has 5 heteroatoms. The summed E-state index contributed by atoms with van der Waals surface area (Å²) in [5.41, 5.74) is 8.30. The highest BCUT2D eigenvalue weighted by Crippen LogP contribution is 2.24. The first kappa shape index (κ1) is 13.2. The average Bonchev–Trinajstić information content (AvgIpc) is 2.37. The highest BCUT2D eigenvalue weighted by atomic mass is 35.5. The van der Waals surface area contributed by atoms with E-state index >= 15 is 0 Å². The SMILES string of the molecule is Cc1cc(NC(=O)c2ccc(O)c(Cl)c2)ccc1N. The third kappa shape index (κ3) is 2.98. The molecule has 4 N–H and O–H groups in total. The topological polar surface area (TPSA) is 75.3 Å². The van der Waals surface area contributed by atoms with Crippen molar-refractivity contribution in [1.29, 1.82) is 0 Å². The molecule has 2 aromatic carbocycles. The number of carbonyl (C=O) groups is 1. The van der Waals surface area contributed by atoms with Crippen molar-refractivity contribution in [3.8, 4) is 5.75 Å². The number of carbonyl (C=O) groups excluding carboxylic acids is 1. The first-order valence-electron chi connectivity index (χ1n) is 5.63. The first-order chi connectivity index (χ1) is 8.97. The molecule has 98 valence electrons. The molecule has 0 unspecified atom stereocenters. The molecule has 2 rings (SSSR count). The van der Waals surface area contributed by atoms with Crippen LogP contribution in [0.4, 0.5) is 11.4 Å². The van der Waals surface area contributed by atoms with Gasteiger partial charge in [-0.2, -0.15) is 0 Å². The summed E-state index contributed by atoms with van der Waals surface area (Å²) in [6.45, 7) is 1.86. The van der Waals surface area contributed by atoms with Crippen LogP contribution in [0.5, 0.6) is 5.75 Å². The highest BCUT2D eigenvalue weighted by Gasteiger charge is 2.09. The van der Waals surface area contributed by atoms with Gasteiger partial charge in [-0.15, -0.1) is 0 Å². The standard InChI is InChI=1S/C14H13ClN2O2/c1-8-6-10(3-4-12(8)16)17-14(19)9-2-5-13(18)11(15)7-9/h2-7,18H,16H2,1H3,(H,17,19). The molecule has 19 heavy (non-hydrogen) atoms. The van der Waals surface area contributed by atoms with Gasteiger partial charge in [0.05, 0.1) is 5.02 Å². The largest absolute Gasteiger partial charge is 0.506 e. The predicted molar refractivity (Wildman–Crippen MR) is 76.7 cm³/mol. The minimum Gasteiger partial charge on any atom is -0.506 e. The first-order valence-corrected chi connectivity index (χ1v) is 6.01. The maximum atomic E-state index is 12.0. The molecule has 0 saturated carbocycles. The maximum absolute atomic E-state index is 12.0. The number of phenols is 1. The third-order valence-corrected chi connectivity index (χ3v) is 3.04. The van der Waals surface area contributed by atoms with Gasteiger partial charge in [-0.25, -0.2) is 0 Å². The number of halogens is 1. The minimum atomic E-state index is -0.300. The number of benzene rings is 2. The Morgan fingerprint density at radius 2 is 2.00 bits per heavy atom. The third-order valence-electron chi connectivity index (χ3n) is 2.74. The second kappa shape index (κ2) is 5.20. The molecule has 0 radical (unpaired) electrons. The molecular weight excluding hydrogens is 264 g/mol. The van der Waals surface area contributed by atoms with Crippen molar-refractivity contribution in [2.45, 2.75) is 6.92 Å². The summed E-state index contributed by atoms with van der Waals surface area (Å²) in [7, 11) is 0. The molecule has 0 spiro atoms. The summed E-state index contributed by atoms with van der Waals surface area (Å²) >= 11 is 5.76. The Balaban J connectivity index is 2.20. The summed E-state index contributed by atoms with van der Waals surface area (Å²) in [5, 5.41) is 12.2. The summed E-state index contributed by atoms with van der Waals surface area (Å²) in [6, 6.07) is 9.54. The average molecular weight is 277 g/mol. The fraction of sp³-hybridized carbons (Fsp3) is 0.0714. The Morgan fingerprint density at radius 1 is 1.26 bits per heavy atom. The van der Waals surface area contributed by atoms with Crippen LogP contribution >= 0.6 is 11.6 Å².